The van der Waals surface area contributed by atoms with Crippen molar-refractivity contribution in [2.45, 2.75) is 39.3 Å². The molecule has 1 aliphatic rings. The van der Waals surface area contributed by atoms with Crippen molar-refractivity contribution >= 4 is 16.9 Å². The van der Waals surface area contributed by atoms with E-state index in [-0.39, 0.29) is 24.4 Å². The monoisotopic (exact) mass is 426 g/mol. The van der Waals surface area contributed by atoms with Gasteiger partial charge < -0.3 is 14.4 Å². The van der Waals surface area contributed by atoms with Crippen LogP contribution in [-0.2, 0) is 23.1 Å². The summed E-state index contributed by atoms with van der Waals surface area (Å²) >= 11 is 0. The first kappa shape index (κ1) is 21.2. The third-order valence-electron chi connectivity index (χ3n) is 5.48. The van der Waals surface area contributed by atoms with Crippen molar-refractivity contribution in [1.29, 1.82) is 0 Å². The fraction of sp³-hybridized carbons (Fsp3) is 0.435. The molecule has 8 heteroatoms. The lowest BCUT2D eigenvalue weighted by Gasteiger charge is -2.25. The molecule has 0 aliphatic carbocycles. The summed E-state index contributed by atoms with van der Waals surface area (Å²) in [6.07, 6.45) is 1.88. The molecule has 7 nitrogen and oxygen atoms in total. The number of rotatable bonds is 7. The molecule has 1 fully saturated rings. The topological polar surface area (TPSA) is 69.5 Å². The molecule has 0 bridgehead atoms. The van der Waals surface area contributed by atoms with Gasteiger partial charge in [-0.25, -0.2) is 14.1 Å². The first-order chi connectivity index (χ1) is 14.9. The number of aromatic nitrogens is 3. The molecule has 0 saturated carbocycles. The molecular formula is C23H27FN4O3. The second-order valence-corrected chi connectivity index (χ2v) is 8.04. The molecular weight excluding hydrogens is 399 g/mol. The third kappa shape index (κ3) is 4.85. The van der Waals surface area contributed by atoms with E-state index in [0.29, 0.717) is 25.6 Å². The summed E-state index contributed by atoms with van der Waals surface area (Å²) < 4.78 is 26.9. The number of aryl methyl sites for hydroxylation is 3. The largest absolute Gasteiger partial charge is 0.466 e. The summed E-state index contributed by atoms with van der Waals surface area (Å²) in [4.78, 5) is 19.3. The van der Waals surface area contributed by atoms with Crippen LogP contribution in [0, 0.1) is 19.7 Å². The van der Waals surface area contributed by atoms with Crippen molar-refractivity contribution < 1.29 is 18.7 Å². The van der Waals surface area contributed by atoms with Crippen LogP contribution in [0.2, 0.25) is 0 Å². The minimum Gasteiger partial charge on any atom is -0.466 e. The molecule has 1 aromatic carbocycles. The van der Waals surface area contributed by atoms with Crippen LogP contribution in [0.4, 0.5) is 4.39 Å². The number of hydrogen-bond acceptors (Lipinski definition) is 5. The maximum Gasteiger partial charge on any atom is 0.260 e. The Morgan fingerprint density at radius 2 is 2.19 bits per heavy atom. The number of pyridine rings is 1. The lowest BCUT2D eigenvalue weighted by Crippen LogP contribution is -2.39. The summed E-state index contributed by atoms with van der Waals surface area (Å²) in [5, 5.41) is 5.21. The van der Waals surface area contributed by atoms with E-state index in [4.69, 9.17) is 9.47 Å². The van der Waals surface area contributed by atoms with E-state index in [0.717, 1.165) is 40.7 Å². The fourth-order valence-electron chi connectivity index (χ4n) is 4.02. The van der Waals surface area contributed by atoms with Gasteiger partial charge in [-0.1, -0.05) is 12.1 Å². The number of nitrogens with zero attached hydrogens (tertiary/aromatic N) is 4. The lowest BCUT2D eigenvalue weighted by atomic mass is 10.1. The molecule has 2 aromatic heterocycles. The molecule has 31 heavy (non-hydrogen) atoms. The van der Waals surface area contributed by atoms with Crippen LogP contribution in [-0.4, -0.2) is 51.4 Å². The van der Waals surface area contributed by atoms with E-state index in [1.807, 2.05) is 26.0 Å². The zero-order valence-corrected chi connectivity index (χ0v) is 18.1. The minimum atomic E-state index is -0.323. The molecule has 0 radical (unpaired) electrons. The number of hydrogen-bond donors (Lipinski definition) is 0. The Morgan fingerprint density at radius 3 is 2.94 bits per heavy atom. The van der Waals surface area contributed by atoms with Gasteiger partial charge in [0.2, 0.25) is 5.88 Å². The fourth-order valence-corrected chi connectivity index (χ4v) is 4.02. The van der Waals surface area contributed by atoms with Crippen molar-refractivity contribution in [3.8, 4) is 5.88 Å². The predicted octanol–water partition coefficient (Wildman–Crippen LogP) is 3.31. The van der Waals surface area contributed by atoms with Gasteiger partial charge in [0.15, 0.2) is 12.3 Å². The molecule has 1 atom stereocenters. The summed E-state index contributed by atoms with van der Waals surface area (Å²) in [5.74, 6) is -0.133. The molecule has 1 amide bonds. The highest BCUT2D eigenvalue weighted by Crippen LogP contribution is 2.27. The molecule has 3 heterocycles. The Hall–Kier alpha value is -3.00. The highest BCUT2D eigenvalue weighted by atomic mass is 19.1. The van der Waals surface area contributed by atoms with Crippen LogP contribution < -0.4 is 4.74 Å². The van der Waals surface area contributed by atoms with Crippen LogP contribution in [0.5, 0.6) is 5.88 Å². The molecule has 1 aliphatic heterocycles. The van der Waals surface area contributed by atoms with Crippen molar-refractivity contribution in [1.82, 2.24) is 19.7 Å². The minimum absolute atomic E-state index is 0.0115. The molecule has 1 saturated heterocycles. The molecule has 164 valence electrons. The van der Waals surface area contributed by atoms with E-state index in [1.54, 1.807) is 22.7 Å². The predicted molar refractivity (Wildman–Crippen MR) is 114 cm³/mol. The Balaban J connectivity index is 1.51. The summed E-state index contributed by atoms with van der Waals surface area (Å²) in [6, 6.07) is 8.26. The average molecular weight is 426 g/mol. The summed E-state index contributed by atoms with van der Waals surface area (Å²) in [5.41, 5.74) is 3.34. The van der Waals surface area contributed by atoms with E-state index in [9.17, 15) is 9.18 Å². The molecule has 0 spiro atoms. The van der Waals surface area contributed by atoms with Gasteiger partial charge in [-0.15, -0.1) is 5.10 Å². The Bertz CT molecular complexity index is 1090. The lowest BCUT2D eigenvalue weighted by molar-refractivity contribution is -0.135. The van der Waals surface area contributed by atoms with Gasteiger partial charge in [0, 0.05) is 32.4 Å². The number of amides is 1. The van der Waals surface area contributed by atoms with Gasteiger partial charge >= 0.3 is 0 Å². The van der Waals surface area contributed by atoms with Gasteiger partial charge in [-0.05, 0) is 56.0 Å². The van der Waals surface area contributed by atoms with Crippen molar-refractivity contribution in [3.05, 3.63) is 53.0 Å². The van der Waals surface area contributed by atoms with Gasteiger partial charge in [0.25, 0.3) is 5.91 Å². The van der Waals surface area contributed by atoms with Crippen LogP contribution in [0.25, 0.3) is 11.0 Å². The first-order valence-corrected chi connectivity index (χ1v) is 10.5. The normalized spacial score (nSPS) is 16.1. The molecule has 0 N–H and O–H groups in total. The number of ether oxygens (including phenoxy) is 2. The number of carbonyl (C=O) groups is 1. The standard InChI is InChI=1S/C23H27FN4O3/c1-15-10-16(2)25-22-21(15)23(26-27(22)3)31-14-20(29)28(13-19-8-5-9-30-19)12-17-6-4-7-18(24)11-17/h4,6-7,10-11,19H,5,8-9,12-14H2,1-3H3. The number of carbonyl (C=O) groups excluding carboxylic acids is 1. The SMILES string of the molecule is Cc1cc(C)c2c(OCC(=O)N(Cc3cccc(F)c3)CC3CCCO3)nn(C)c2n1. The number of fused-ring (bicyclic) bond motifs is 1. The molecule has 4 rings (SSSR count). The van der Waals surface area contributed by atoms with Gasteiger partial charge in [-0.3, -0.25) is 4.79 Å². The number of benzene rings is 1. The zero-order valence-electron chi connectivity index (χ0n) is 18.1. The highest BCUT2D eigenvalue weighted by molar-refractivity contribution is 5.85. The second kappa shape index (κ2) is 9.01. The maximum absolute atomic E-state index is 13.6. The van der Waals surface area contributed by atoms with Crippen molar-refractivity contribution in [2.24, 2.45) is 7.05 Å². The third-order valence-corrected chi connectivity index (χ3v) is 5.48. The van der Waals surface area contributed by atoms with Crippen LogP contribution >= 0.6 is 0 Å². The number of halogens is 1. The van der Waals surface area contributed by atoms with Gasteiger partial charge in [0.05, 0.1) is 11.5 Å². The Morgan fingerprint density at radius 1 is 1.35 bits per heavy atom. The highest BCUT2D eigenvalue weighted by Gasteiger charge is 2.24. The molecule has 1 unspecified atom stereocenters. The summed E-state index contributed by atoms with van der Waals surface area (Å²) in [7, 11) is 1.80. The van der Waals surface area contributed by atoms with E-state index < -0.39 is 0 Å². The van der Waals surface area contributed by atoms with Gasteiger partial charge in [0.1, 0.15) is 5.82 Å². The van der Waals surface area contributed by atoms with Crippen molar-refractivity contribution in [2.75, 3.05) is 19.8 Å². The Labute approximate surface area is 180 Å². The van der Waals surface area contributed by atoms with E-state index >= 15 is 0 Å². The maximum atomic E-state index is 13.6. The quantitative estimate of drug-likeness (QED) is 0.580. The van der Waals surface area contributed by atoms with Crippen LogP contribution in [0.1, 0.15) is 29.7 Å². The average Bonchev–Trinajstić information content (AvgIpc) is 3.34. The zero-order chi connectivity index (χ0) is 22.0. The van der Waals surface area contributed by atoms with Crippen LogP contribution in [0.15, 0.2) is 30.3 Å². The van der Waals surface area contributed by atoms with E-state index in [1.165, 1.54) is 12.1 Å². The summed E-state index contributed by atoms with van der Waals surface area (Å²) in [6.45, 7) is 5.18. The second-order valence-electron chi connectivity index (χ2n) is 8.04. The van der Waals surface area contributed by atoms with Gasteiger partial charge in [-0.2, -0.15) is 0 Å². The smallest absolute Gasteiger partial charge is 0.260 e. The first-order valence-electron chi connectivity index (χ1n) is 10.5. The molecule has 3 aromatic rings. The van der Waals surface area contributed by atoms with E-state index in [2.05, 4.69) is 10.1 Å². The van der Waals surface area contributed by atoms with Crippen molar-refractivity contribution in [3.63, 3.8) is 0 Å². The van der Waals surface area contributed by atoms with Crippen LogP contribution in [0.3, 0.4) is 0 Å². The Kier molecular flexibility index (Phi) is 6.18.